The third-order valence-corrected chi connectivity index (χ3v) is 6.82. The van der Waals surface area contributed by atoms with Crippen LogP contribution in [-0.4, -0.2) is 90.2 Å². The third-order valence-electron chi connectivity index (χ3n) is 4.93. The zero-order chi connectivity index (χ0) is 27.3. The molecule has 3 heterocycles. The number of β-lactam (4-membered cyclic amide) rings is 1. The second-order valence-electron chi connectivity index (χ2n) is 7.98. The number of nitrogens with two attached hydrogens (primary N) is 1. The Labute approximate surface area is 220 Å². The molecular weight excluding hydrogens is 530 g/mol. The first-order valence-corrected chi connectivity index (χ1v) is 12.8. The molecule has 37 heavy (non-hydrogen) atoms. The van der Waals surface area contributed by atoms with Crippen LogP contribution in [0.3, 0.4) is 0 Å². The smallest absolute Gasteiger partial charge is 0.431 e. The van der Waals surface area contributed by atoms with Gasteiger partial charge in [0.15, 0.2) is 16.9 Å². The number of carbonyl (C=O) groups is 4. The highest BCUT2D eigenvalue weighted by Crippen LogP contribution is 2.40. The Balaban J connectivity index is 1.73. The predicted octanol–water partition coefficient (Wildman–Crippen LogP) is 0.825. The lowest BCUT2D eigenvalue weighted by Crippen LogP contribution is -2.74. The Kier molecular flexibility index (Phi) is 9.34. The number of ether oxygens (including phenoxy) is 4. The molecular formula is C21H27N5O9S2. The molecule has 0 spiro atoms. The molecule has 4 atom stereocenters. The fourth-order valence-electron chi connectivity index (χ4n) is 3.49. The fourth-order valence-corrected chi connectivity index (χ4v) is 5.25. The largest absolute Gasteiger partial charge is 0.511 e. The van der Waals surface area contributed by atoms with Crippen molar-refractivity contribution < 1.29 is 43.0 Å². The number of oxime groups is 1. The summed E-state index contributed by atoms with van der Waals surface area (Å²) in [5, 5.41) is 9.13. The standard InChI is InChI=1S/C21H27N5O9S2/c1-9(2)33-21(30)35-10(3)34-19(29)15-11(6-31-4)7-36-18-14(17(28)26(15)18)24-16(27)13(25-32-5)12-8-37-20(22)23-12/h7-10,14-15,18H,6H2,1-5H3,(H2,22,23)(H,24,27)/t10?,14-,15?,18-/m1/s1. The summed E-state index contributed by atoms with van der Waals surface area (Å²) in [5.74, 6) is -2.07. The Morgan fingerprint density at radius 1 is 1.22 bits per heavy atom. The van der Waals surface area contributed by atoms with Crippen molar-refractivity contribution in [2.45, 2.75) is 50.6 Å². The number of nitrogens with zero attached hydrogens (tertiary/aromatic N) is 3. The van der Waals surface area contributed by atoms with E-state index in [1.807, 2.05) is 0 Å². The maximum absolute atomic E-state index is 13.1. The number of esters is 1. The van der Waals surface area contributed by atoms with Gasteiger partial charge < -0.3 is 39.7 Å². The molecule has 1 saturated heterocycles. The molecule has 3 N–H and O–H groups in total. The van der Waals surface area contributed by atoms with E-state index >= 15 is 0 Å². The molecule has 16 heteroatoms. The Morgan fingerprint density at radius 3 is 2.54 bits per heavy atom. The number of carbonyl (C=O) groups excluding carboxylic acids is 4. The Morgan fingerprint density at radius 2 is 1.95 bits per heavy atom. The maximum Gasteiger partial charge on any atom is 0.511 e. The first-order valence-electron chi connectivity index (χ1n) is 10.9. The van der Waals surface area contributed by atoms with Gasteiger partial charge >= 0.3 is 12.1 Å². The van der Waals surface area contributed by atoms with Gasteiger partial charge in [-0.1, -0.05) is 5.16 Å². The number of thiazole rings is 1. The van der Waals surface area contributed by atoms with Crippen LogP contribution in [0.5, 0.6) is 0 Å². The van der Waals surface area contributed by atoms with Gasteiger partial charge in [-0.3, -0.25) is 9.59 Å². The van der Waals surface area contributed by atoms with Crippen LogP contribution in [0, 0.1) is 0 Å². The van der Waals surface area contributed by atoms with Crippen LogP contribution in [0.1, 0.15) is 26.5 Å². The molecule has 2 aliphatic heterocycles. The van der Waals surface area contributed by atoms with Gasteiger partial charge in [0.2, 0.25) is 12.2 Å². The number of fused-ring (bicyclic) bond motifs is 1. The van der Waals surface area contributed by atoms with Crippen molar-refractivity contribution in [1.29, 1.82) is 0 Å². The lowest BCUT2D eigenvalue weighted by Gasteiger charge is -2.51. The van der Waals surface area contributed by atoms with E-state index in [0.717, 1.165) is 11.3 Å². The topological polar surface area (TPSA) is 181 Å². The summed E-state index contributed by atoms with van der Waals surface area (Å²) in [6.45, 7) is 4.67. The molecule has 2 unspecified atom stereocenters. The van der Waals surface area contributed by atoms with E-state index in [2.05, 4.69) is 15.5 Å². The second kappa shape index (κ2) is 12.2. The molecule has 2 aliphatic rings. The highest BCUT2D eigenvalue weighted by atomic mass is 32.2. The molecule has 0 radical (unpaired) electrons. The minimum atomic E-state index is -1.28. The minimum absolute atomic E-state index is 0.0425. The van der Waals surface area contributed by atoms with Crippen LogP contribution in [-0.2, 0) is 38.2 Å². The molecule has 0 aliphatic carbocycles. The van der Waals surface area contributed by atoms with Crippen molar-refractivity contribution >= 4 is 57.9 Å². The number of amides is 2. The molecule has 3 rings (SSSR count). The quantitative estimate of drug-likeness (QED) is 0.136. The minimum Gasteiger partial charge on any atom is -0.431 e. The van der Waals surface area contributed by atoms with E-state index in [9.17, 15) is 19.2 Å². The molecule has 1 aromatic rings. The molecule has 0 aromatic carbocycles. The first-order chi connectivity index (χ1) is 17.6. The van der Waals surface area contributed by atoms with Crippen LogP contribution < -0.4 is 11.1 Å². The van der Waals surface area contributed by atoms with Gasteiger partial charge in [0.1, 0.15) is 24.2 Å². The first kappa shape index (κ1) is 28.2. The normalized spacial score (nSPS) is 21.8. The number of rotatable bonds is 10. The number of hydrogen-bond acceptors (Lipinski definition) is 14. The summed E-state index contributed by atoms with van der Waals surface area (Å²) >= 11 is 2.34. The molecule has 202 valence electrons. The highest BCUT2D eigenvalue weighted by molar-refractivity contribution is 8.03. The average Bonchev–Trinajstić information content (AvgIpc) is 3.25. The monoisotopic (exact) mass is 557 g/mol. The zero-order valence-electron chi connectivity index (χ0n) is 20.7. The van der Waals surface area contributed by atoms with Gasteiger partial charge in [-0.2, -0.15) is 0 Å². The van der Waals surface area contributed by atoms with Crippen molar-refractivity contribution in [2.75, 3.05) is 26.6 Å². The lowest BCUT2D eigenvalue weighted by atomic mass is 9.98. The van der Waals surface area contributed by atoms with Crippen LogP contribution in [0.25, 0.3) is 0 Å². The van der Waals surface area contributed by atoms with Crippen LogP contribution >= 0.6 is 23.1 Å². The molecule has 14 nitrogen and oxygen atoms in total. The summed E-state index contributed by atoms with van der Waals surface area (Å²) in [7, 11) is 2.71. The second-order valence-corrected chi connectivity index (χ2v) is 9.86. The van der Waals surface area contributed by atoms with Gasteiger partial charge in [0, 0.05) is 19.4 Å². The van der Waals surface area contributed by atoms with Crippen molar-refractivity contribution in [3.05, 3.63) is 22.1 Å². The average molecular weight is 558 g/mol. The molecule has 1 fully saturated rings. The summed E-state index contributed by atoms with van der Waals surface area (Å²) in [4.78, 5) is 60.8. The van der Waals surface area contributed by atoms with Gasteiger partial charge in [-0.25, -0.2) is 14.6 Å². The maximum atomic E-state index is 13.1. The Bertz CT molecular complexity index is 1110. The molecule has 0 bridgehead atoms. The fraction of sp³-hybridized carbons (Fsp3) is 0.524. The van der Waals surface area contributed by atoms with Gasteiger partial charge in [0.25, 0.3) is 5.91 Å². The number of nitrogen functional groups attached to an aromatic ring is 1. The molecule has 2 amide bonds. The van der Waals surface area contributed by atoms with Crippen LogP contribution in [0.15, 0.2) is 21.5 Å². The zero-order valence-corrected chi connectivity index (χ0v) is 22.3. The number of aromatic nitrogens is 1. The highest BCUT2D eigenvalue weighted by Gasteiger charge is 2.56. The van der Waals surface area contributed by atoms with Gasteiger partial charge in [0.05, 0.1) is 12.7 Å². The van der Waals surface area contributed by atoms with E-state index in [-0.39, 0.29) is 23.1 Å². The number of hydrogen-bond donors (Lipinski definition) is 2. The van der Waals surface area contributed by atoms with Crippen molar-refractivity contribution in [3.63, 3.8) is 0 Å². The number of methoxy groups -OCH3 is 1. The molecule has 0 saturated carbocycles. The number of nitrogens with one attached hydrogen (secondary N) is 1. The van der Waals surface area contributed by atoms with Crippen LogP contribution in [0.2, 0.25) is 0 Å². The summed E-state index contributed by atoms with van der Waals surface area (Å²) in [6, 6.07) is -2.12. The van der Waals surface area contributed by atoms with Crippen molar-refractivity contribution in [1.82, 2.24) is 15.2 Å². The number of thioether (sulfide) groups is 1. The van der Waals surface area contributed by atoms with E-state index in [1.54, 1.807) is 19.3 Å². The summed E-state index contributed by atoms with van der Waals surface area (Å²) in [6.07, 6.45) is -2.70. The Hall–Kier alpha value is -3.37. The number of anilines is 1. The van der Waals surface area contributed by atoms with Crippen molar-refractivity contribution in [3.8, 4) is 0 Å². The van der Waals surface area contributed by atoms with E-state index in [0.29, 0.717) is 5.57 Å². The van der Waals surface area contributed by atoms with E-state index in [4.69, 9.17) is 29.5 Å². The molecule has 1 aromatic heterocycles. The predicted molar refractivity (Wildman–Crippen MR) is 132 cm³/mol. The third kappa shape index (κ3) is 6.50. The van der Waals surface area contributed by atoms with Gasteiger partial charge in [-0.05, 0) is 24.8 Å². The van der Waals surface area contributed by atoms with Gasteiger partial charge in [-0.15, -0.1) is 23.1 Å². The summed E-state index contributed by atoms with van der Waals surface area (Å²) in [5.41, 5.74) is 6.14. The van der Waals surface area contributed by atoms with Crippen LogP contribution in [0.4, 0.5) is 9.93 Å². The van der Waals surface area contributed by atoms with Crippen molar-refractivity contribution in [2.24, 2.45) is 5.16 Å². The van der Waals surface area contributed by atoms with E-state index in [1.165, 1.54) is 43.2 Å². The SMILES string of the molecule is COCC1=CS[C@@H]2[C@H](NC(=O)C(=NOC)c3csc(N)n3)C(=O)N2C1C(=O)OC(C)OC(=O)OC(C)C. The summed E-state index contributed by atoms with van der Waals surface area (Å²) < 4.78 is 20.2. The lowest BCUT2D eigenvalue weighted by molar-refractivity contribution is -0.179. The van der Waals surface area contributed by atoms with E-state index < -0.39 is 53.8 Å².